The van der Waals surface area contributed by atoms with Gasteiger partial charge in [-0.25, -0.2) is 4.39 Å². The van der Waals surface area contributed by atoms with Gasteiger partial charge in [0.15, 0.2) is 0 Å². The van der Waals surface area contributed by atoms with E-state index < -0.39 is 0 Å². The number of rotatable bonds is 6. The molecule has 4 heteroatoms. The van der Waals surface area contributed by atoms with Crippen LogP contribution in [0.25, 0.3) is 0 Å². The van der Waals surface area contributed by atoms with Gasteiger partial charge in [-0.05, 0) is 37.6 Å². The van der Waals surface area contributed by atoms with Crippen LogP contribution in [-0.2, 0) is 11.3 Å². The summed E-state index contributed by atoms with van der Waals surface area (Å²) < 4.78 is 12.8. The molecule has 1 rings (SSSR count). The topological polar surface area (TPSA) is 32.3 Å². The second-order valence-electron chi connectivity index (χ2n) is 4.50. The monoisotopic (exact) mass is 252 g/mol. The molecule has 3 nitrogen and oxygen atoms in total. The van der Waals surface area contributed by atoms with Crippen molar-refractivity contribution in [2.24, 2.45) is 0 Å². The summed E-state index contributed by atoms with van der Waals surface area (Å²) in [5.41, 5.74) is 0.926. The van der Waals surface area contributed by atoms with Crippen molar-refractivity contribution >= 4 is 5.91 Å². The Morgan fingerprint density at radius 2 is 2.00 bits per heavy atom. The first kappa shape index (κ1) is 14.6. The van der Waals surface area contributed by atoms with E-state index >= 15 is 0 Å². The van der Waals surface area contributed by atoms with Crippen LogP contribution in [0.4, 0.5) is 4.39 Å². The third kappa shape index (κ3) is 4.45. The number of carbonyl (C=O) groups excluding carboxylic acids is 1. The first-order valence-electron chi connectivity index (χ1n) is 6.27. The molecule has 1 atom stereocenters. The summed E-state index contributed by atoms with van der Waals surface area (Å²) >= 11 is 0. The number of benzene rings is 1. The van der Waals surface area contributed by atoms with Gasteiger partial charge in [-0.2, -0.15) is 0 Å². The highest BCUT2D eigenvalue weighted by atomic mass is 19.1. The van der Waals surface area contributed by atoms with Crippen molar-refractivity contribution in [3.63, 3.8) is 0 Å². The minimum Gasteiger partial charge on any atom is -0.340 e. The van der Waals surface area contributed by atoms with Crippen molar-refractivity contribution in [3.8, 4) is 0 Å². The Bertz CT molecular complexity index is 378. The summed E-state index contributed by atoms with van der Waals surface area (Å²) in [6.07, 6.45) is 0.999. The summed E-state index contributed by atoms with van der Waals surface area (Å²) in [7, 11) is 1.76. The highest BCUT2D eigenvalue weighted by Gasteiger charge is 2.16. The largest absolute Gasteiger partial charge is 0.340 e. The van der Waals surface area contributed by atoms with E-state index in [1.807, 2.05) is 6.92 Å². The number of hydrogen-bond donors (Lipinski definition) is 1. The number of carbonyl (C=O) groups is 1. The van der Waals surface area contributed by atoms with Crippen LogP contribution >= 0.6 is 0 Å². The molecule has 0 spiro atoms. The molecule has 0 bridgehead atoms. The third-order valence-electron chi connectivity index (χ3n) is 2.78. The van der Waals surface area contributed by atoms with Gasteiger partial charge in [0.05, 0.1) is 6.04 Å². The lowest BCUT2D eigenvalue weighted by Crippen LogP contribution is -2.43. The Hall–Kier alpha value is -1.42. The number of nitrogens with one attached hydrogen (secondary N) is 1. The molecule has 1 aromatic rings. The van der Waals surface area contributed by atoms with Crippen molar-refractivity contribution in [2.45, 2.75) is 32.9 Å². The van der Waals surface area contributed by atoms with Crippen LogP contribution in [0.1, 0.15) is 25.8 Å². The molecule has 1 amide bonds. The highest BCUT2D eigenvalue weighted by molar-refractivity contribution is 5.81. The lowest BCUT2D eigenvalue weighted by atomic mass is 10.2. The van der Waals surface area contributed by atoms with Crippen LogP contribution < -0.4 is 5.32 Å². The Labute approximate surface area is 108 Å². The third-order valence-corrected chi connectivity index (χ3v) is 2.78. The zero-order chi connectivity index (χ0) is 13.5. The van der Waals surface area contributed by atoms with Gasteiger partial charge in [0.25, 0.3) is 0 Å². The molecule has 1 N–H and O–H groups in total. The van der Waals surface area contributed by atoms with Gasteiger partial charge < -0.3 is 10.2 Å². The smallest absolute Gasteiger partial charge is 0.239 e. The summed E-state index contributed by atoms with van der Waals surface area (Å²) in [5.74, 6) is -0.210. The summed E-state index contributed by atoms with van der Waals surface area (Å²) in [4.78, 5) is 13.7. The second kappa shape index (κ2) is 7.11. The van der Waals surface area contributed by atoms with E-state index in [4.69, 9.17) is 0 Å². The van der Waals surface area contributed by atoms with E-state index in [9.17, 15) is 9.18 Å². The van der Waals surface area contributed by atoms with Gasteiger partial charge in [-0.15, -0.1) is 0 Å². The maximum absolute atomic E-state index is 12.8. The van der Waals surface area contributed by atoms with Crippen LogP contribution in [0.2, 0.25) is 0 Å². The van der Waals surface area contributed by atoms with E-state index in [0.717, 1.165) is 18.5 Å². The van der Waals surface area contributed by atoms with Crippen molar-refractivity contribution in [3.05, 3.63) is 35.6 Å². The zero-order valence-electron chi connectivity index (χ0n) is 11.2. The molecule has 18 heavy (non-hydrogen) atoms. The zero-order valence-corrected chi connectivity index (χ0v) is 11.2. The van der Waals surface area contributed by atoms with Crippen LogP contribution in [-0.4, -0.2) is 30.4 Å². The normalized spacial score (nSPS) is 12.2. The van der Waals surface area contributed by atoms with Crippen molar-refractivity contribution < 1.29 is 9.18 Å². The summed E-state index contributed by atoms with van der Waals surface area (Å²) in [6, 6.07) is 6.03. The van der Waals surface area contributed by atoms with Crippen LogP contribution in [0.5, 0.6) is 0 Å². The molecule has 0 heterocycles. The quantitative estimate of drug-likeness (QED) is 0.841. The molecular weight excluding hydrogens is 231 g/mol. The van der Waals surface area contributed by atoms with Crippen LogP contribution in [0.15, 0.2) is 24.3 Å². The van der Waals surface area contributed by atoms with E-state index in [0.29, 0.717) is 6.54 Å². The lowest BCUT2D eigenvalue weighted by Gasteiger charge is -2.22. The maximum Gasteiger partial charge on any atom is 0.239 e. The molecular formula is C14H21FN2O. The van der Waals surface area contributed by atoms with Gasteiger partial charge >= 0.3 is 0 Å². The van der Waals surface area contributed by atoms with Gasteiger partial charge in [0.2, 0.25) is 5.91 Å². The molecule has 1 aromatic carbocycles. The summed E-state index contributed by atoms with van der Waals surface area (Å²) in [6.45, 7) is 5.25. The molecule has 0 radical (unpaired) electrons. The van der Waals surface area contributed by atoms with Crippen molar-refractivity contribution in [1.82, 2.24) is 10.2 Å². The maximum atomic E-state index is 12.8. The number of likely N-dealkylation sites (N-methyl/N-ethyl adjacent to an activating group) is 1. The fourth-order valence-electron chi connectivity index (χ4n) is 1.72. The van der Waals surface area contributed by atoms with E-state index in [1.165, 1.54) is 12.1 Å². The fraction of sp³-hybridized carbons (Fsp3) is 0.500. The molecule has 0 saturated carbocycles. The molecule has 0 aliphatic heterocycles. The number of nitrogens with zero attached hydrogens (tertiary/aromatic N) is 1. The molecule has 1 unspecified atom stereocenters. The van der Waals surface area contributed by atoms with Gasteiger partial charge in [0, 0.05) is 13.6 Å². The number of halogens is 1. The Morgan fingerprint density at radius 1 is 1.39 bits per heavy atom. The first-order valence-corrected chi connectivity index (χ1v) is 6.27. The molecule has 0 aliphatic rings. The Morgan fingerprint density at radius 3 is 2.56 bits per heavy atom. The fourth-order valence-corrected chi connectivity index (χ4v) is 1.72. The van der Waals surface area contributed by atoms with Crippen LogP contribution in [0.3, 0.4) is 0 Å². The first-order chi connectivity index (χ1) is 8.54. The highest BCUT2D eigenvalue weighted by Crippen LogP contribution is 2.06. The van der Waals surface area contributed by atoms with Gasteiger partial charge in [-0.1, -0.05) is 19.1 Å². The van der Waals surface area contributed by atoms with Gasteiger partial charge in [0.1, 0.15) is 5.82 Å². The second-order valence-corrected chi connectivity index (χ2v) is 4.50. The average molecular weight is 252 g/mol. The number of hydrogen-bond acceptors (Lipinski definition) is 2. The van der Waals surface area contributed by atoms with Crippen LogP contribution in [0, 0.1) is 5.82 Å². The SMILES string of the molecule is CCCNC(C)C(=O)N(C)Cc1ccc(F)cc1. The van der Waals surface area contributed by atoms with Crippen molar-refractivity contribution in [2.75, 3.05) is 13.6 Å². The Kier molecular flexibility index (Phi) is 5.78. The molecule has 0 aliphatic carbocycles. The summed E-state index contributed by atoms with van der Waals surface area (Å²) in [5, 5.41) is 3.16. The van der Waals surface area contributed by atoms with Crippen molar-refractivity contribution in [1.29, 1.82) is 0 Å². The van der Waals surface area contributed by atoms with Gasteiger partial charge in [-0.3, -0.25) is 4.79 Å². The van der Waals surface area contributed by atoms with E-state index in [-0.39, 0.29) is 17.8 Å². The minimum absolute atomic E-state index is 0.0489. The standard InChI is InChI=1S/C14H21FN2O/c1-4-9-16-11(2)14(18)17(3)10-12-5-7-13(15)8-6-12/h5-8,11,16H,4,9-10H2,1-3H3. The Balaban J connectivity index is 2.51. The molecule has 100 valence electrons. The number of amides is 1. The predicted molar refractivity (Wildman–Crippen MR) is 70.6 cm³/mol. The molecule has 0 fully saturated rings. The minimum atomic E-state index is -0.259. The van der Waals surface area contributed by atoms with E-state index in [1.54, 1.807) is 24.1 Å². The average Bonchev–Trinajstić information content (AvgIpc) is 2.37. The molecule has 0 aromatic heterocycles. The van der Waals surface area contributed by atoms with E-state index in [2.05, 4.69) is 12.2 Å². The predicted octanol–water partition coefficient (Wildman–Crippen LogP) is 2.17. The molecule has 0 saturated heterocycles. The lowest BCUT2D eigenvalue weighted by molar-refractivity contribution is -0.132.